The zero-order valence-corrected chi connectivity index (χ0v) is 14.6. The Morgan fingerprint density at radius 2 is 1.75 bits per heavy atom. The Morgan fingerprint density at radius 3 is 2.42 bits per heavy atom. The molecule has 1 aliphatic carbocycles. The third-order valence-electron chi connectivity index (χ3n) is 4.02. The first-order chi connectivity index (χ1) is 11.5. The van der Waals surface area contributed by atoms with Crippen LogP contribution >= 0.6 is 12.2 Å². The molecule has 0 radical (unpaired) electrons. The Morgan fingerprint density at radius 1 is 1.08 bits per heavy atom. The maximum Gasteiger partial charge on any atom is 0.250 e. The minimum absolute atomic E-state index is 0.0335. The Hall–Kier alpha value is -2.21. The summed E-state index contributed by atoms with van der Waals surface area (Å²) in [6, 6.07) is 7.81. The van der Waals surface area contributed by atoms with Crippen LogP contribution in [0.4, 0.5) is 0 Å². The summed E-state index contributed by atoms with van der Waals surface area (Å²) in [5, 5.41) is 2.58. The van der Waals surface area contributed by atoms with Crippen molar-refractivity contribution in [2.75, 3.05) is 0 Å². The van der Waals surface area contributed by atoms with Crippen LogP contribution in [0.25, 0.3) is 6.08 Å². The molecule has 1 saturated carbocycles. The lowest BCUT2D eigenvalue weighted by Crippen LogP contribution is -2.50. The van der Waals surface area contributed by atoms with Crippen molar-refractivity contribution in [2.45, 2.75) is 39.0 Å². The number of aryl methyl sites for hydroxylation is 1. The van der Waals surface area contributed by atoms with Crippen LogP contribution in [0.15, 0.2) is 30.3 Å². The van der Waals surface area contributed by atoms with Crippen molar-refractivity contribution in [2.24, 2.45) is 5.92 Å². The maximum atomic E-state index is 12.0. The number of hydrogen-bond acceptors (Lipinski definition) is 3. The van der Waals surface area contributed by atoms with Crippen molar-refractivity contribution in [3.8, 4) is 0 Å². The predicted octanol–water partition coefficient (Wildman–Crippen LogP) is 2.61. The van der Waals surface area contributed by atoms with Crippen LogP contribution < -0.4 is 16.2 Å². The number of carbonyl (C=O) groups is 2. The molecule has 2 amide bonds. The molecule has 0 aromatic heterocycles. The molecule has 3 N–H and O–H groups in total. The van der Waals surface area contributed by atoms with Gasteiger partial charge in [-0.2, -0.15) is 0 Å². The molecule has 128 valence electrons. The first-order valence-electron chi connectivity index (χ1n) is 8.20. The minimum atomic E-state index is -0.347. The average molecular weight is 345 g/mol. The first kappa shape index (κ1) is 18.1. The van der Waals surface area contributed by atoms with Crippen LogP contribution in [0.2, 0.25) is 0 Å². The molecule has 0 aliphatic heterocycles. The van der Waals surface area contributed by atoms with Crippen molar-refractivity contribution in [1.82, 2.24) is 16.2 Å². The fraction of sp³-hybridized carbons (Fsp3) is 0.389. The van der Waals surface area contributed by atoms with Gasteiger partial charge in [-0.25, -0.2) is 0 Å². The van der Waals surface area contributed by atoms with Crippen LogP contribution in [0.5, 0.6) is 0 Å². The van der Waals surface area contributed by atoms with E-state index in [0.717, 1.165) is 36.8 Å². The van der Waals surface area contributed by atoms with Crippen molar-refractivity contribution >= 4 is 35.2 Å². The molecule has 2 rings (SSSR count). The normalized spacial score (nSPS) is 15.0. The topological polar surface area (TPSA) is 70.2 Å². The largest absolute Gasteiger partial charge is 0.298 e. The van der Waals surface area contributed by atoms with E-state index in [1.54, 1.807) is 6.08 Å². The minimum Gasteiger partial charge on any atom is -0.298 e. The van der Waals surface area contributed by atoms with E-state index in [4.69, 9.17) is 12.2 Å². The van der Waals surface area contributed by atoms with Gasteiger partial charge in [-0.1, -0.05) is 49.1 Å². The summed E-state index contributed by atoms with van der Waals surface area (Å²) < 4.78 is 0. The van der Waals surface area contributed by atoms with Gasteiger partial charge in [0.15, 0.2) is 5.11 Å². The molecule has 1 fully saturated rings. The summed E-state index contributed by atoms with van der Waals surface area (Å²) >= 11 is 5.01. The van der Waals surface area contributed by atoms with Crippen molar-refractivity contribution in [3.05, 3.63) is 41.5 Å². The molecule has 0 heterocycles. The standard InChI is InChI=1S/C18H23N3O2S/c1-13-7-9-14(10-8-13)11-12-16(22)19-18(24)21-20-17(23)15-5-3-2-4-6-15/h7-12,15H,2-6H2,1H3,(H,20,23)(H2,19,21,22,24)/b12-11+. The quantitative estimate of drug-likeness (QED) is 0.447. The van der Waals surface area contributed by atoms with Gasteiger partial charge < -0.3 is 0 Å². The van der Waals surface area contributed by atoms with Gasteiger partial charge in [0, 0.05) is 12.0 Å². The molecule has 0 unspecified atom stereocenters. The monoisotopic (exact) mass is 345 g/mol. The van der Waals surface area contributed by atoms with E-state index in [1.807, 2.05) is 31.2 Å². The first-order valence-corrected chi connectivity index (χ1v) is 8.61. The van der Waals surface area contributed by atoms with E-state index in [0.29, 0.717) is 0 Å². The fourth-order valence-corrected chi connectivity index (χ4v) is 2.77. The van der Waals surface area contributed by atoms with E-state index in [2.05, 4.69) is 16.2 Å². The molecule has 6 heteroatoms. The van der Waals surface area contributed by atoms with E-state index in [9.17, 15) is 9.59 Å². The molecular weight excluding hydrogens is 322 g/mol. The van der Waals surface area contributed by atoms with E-state index < -0.39 is 0 Å². The fourth-order valence-electron chi connectivity index (χ4n) is 2.62. The van der Waals surface area contributed by atoms with Gasteiger partial charge in [0.1, 0.15) is 0 Å². The summed E-state index contributed by atoms with van der Waals surface area (Å²) in [6.45, 7) is 2.01. The van der Waals surface area contributed by atoms with Gasteiger partial charge in [0.2, 0.25) is 11.8 Å². The number of amides is 2. The van der Waals surface area contributed by atoms with E-state index in [1.165, 1.54) is 12.5 Å². The van der Waals surface area contributed by atoms with E-state index >= 15 is 0 Å². The van der Waals surface area contributed by atoms with Gasteiger partial charge >= 0.3 is 0 Å². The third-order valence-corrected chi connectivity index (χ3v) is 4.22. The molecule has 1 aromatic carbocycles. The molecule has 0 saturated heterocycles. The number of nitrogens with one attached hydrogen (secondary N) is 3. The highest BCUT2D eigenvalue weighted by Crippen LogP contribution is 2.23. The zero-order chi connectivity index (χ0) is 17.4. The number of rotatable bonds is 3. The average Bonchev–Trinajstić information content (AvgIpc) is 2.60. The summed E-state index contributed by atoms with van der Waals surface area (Å²) in [5.74, 6) is -0.382. The molecule has 5 nitrogen and oxygen atoms in total. The molecule has 0 bridgehead atoms. The van der Waals surface area contributed by atoms with Crippen LogP contribution in [-0.2, 0) is 9.59 Å². The Labute approximate surface area is 147 Å². The smallest absolute Gasteiger partial charge is 0.250 e. The summed E-state index contributed by atoms with van der Waals surface area (Å²) in [7, 11) is 0. The summed E-state index contributed by atoms with van der Waals surface area (Å²) in [4.78, 5) is 23.8. The highest BCUT2D eigenvalue weighted by molar-refractivity contribution is 7.80. The second-order valence-electron chi connectivity index (χ2n) is 6.01. The number of thiocarbonyl (C=S) groups is 1. The SMILES string of the molecule is Cc1ccc(/C=C/C(=O)NC(=S)NNC(=O)C2CCCCC2)cc1. The van der Waals surface area contributed by atoms with Gasteiger partial charge in [-0.3, -0.25) is 25.8 Å². The number of benzene rings is 1. The number of hydrogen-bond donors (Lipinski definition) is 3. The molecular formula is C18H23N3O2S. The summed E-state index contributed by atoms with van der Waals surface area (Å²) in [5.41, 5.74) is 7.24. The van der Waals surface area contributed by atoms with Gasteiger partial charge in [0.25, 0.3) is 0 Å². The van der Waals surface area contributed by atoms with Crippen LogP contribution in [-0.4, -0.2) is 16.9 Å². The lowest BCUT2D eigenvalue weighted by atomic mass is 9.89. The molecule has 1 aliphatic rings. The molecule has 0 atom stereocenters. The summed E-state index contributed by atoms with van der Waals surface area (Å²) in [6.07, 6.45) is 8.29. The maximum absolute atomic E-state index is 12.0. The van der Waals surface area contributed by atoms with Crippen molar-refractivity contribution in [1.29, 1.82) is 0 Å². The molecule has 0 spiro atoms. The van der Waals surface area contributed by atoms with Gasteiger partial charge in [0.05, 0.1) is 0 Å². The van der Waals surface area contributed by atoms with Crippen LogP contribution in [0.1, 0.15) is 43.2 Å². The Balaban J connectivity index is 1.72. The van der Waals surface area contributed by atoms with Crippen LogP contribution in [0, 0.1) is 12.8 Å². The van der Waals surface area contributed by atoms with E-state index in [-0.39, 0.29) is 22.8 Å². The lowest BCUT2D eigenvalue weighted by Gasteiger charge is -2.21. The number of hydrazine groups is 1. The third kappa shape index (κ3) is 6.12. The molecule has 24 heavy (non-hydrogen) atoms. The highest BCUT2D eigenvalue weighted by atomic mass is 32.1. The second-order valence-corrected chi connectivity index (χ2v) is 6.42. The van der Waals surface area contributed by atoms with Crippen molar-refractivity contribution in [3.63, 3.8) is 0 Å². The Kier molecular flexibility index (Phi) is 6.93. The lowest BCUT2D eigenvalue weighted by molar-refractivity contribution is -0.126. The molecule has 1 aromatic rings. The predicted molar refractivity (Wildman–Crippen MR) is 98.8 cm³/mol. The van der Waals surface area contributed by atoms with Gasteiger partial charge in [-0.05, 0) is 43.6 Å². The Bertz CT molecular complexity index is 620. The van der Waals surface area contributed by atoms with Crippen LogP contribution in [0.3, 0.4) is 0 Å². The zero-order valence-electron chi connectivity index (χ0n) is 13.8. The van der Waals surface area contributed by atoms with Gasteiger partial charge in [-0.15, -0.1) is 0 Å². The second kappa shape index (κ2) is 9.17. The van der Waals surface area contributed by atoms with Crippen molar-refractivity contribution < 1.29 is 9.59 Å². The number of carbonyl (C=O) groups excluding carboxylic acids is 2. The highest BCUT2D eigenvalue weighted by Gasteiger charge is 2.20.